The van der Waals surface area contributed by atoms with Crippen LogP contribution in [0.3, 0.4) is 0 Å². The van der Waals surface area contributed by atoms with Crippen molar-refractivity contribution in [1.82, 2.24) is 30.7 Å². The number of carbonyl (C=O) groups is 3. The molecule has 2 heterocycles. The van der Waals surface area contributed by atoms with Gasteiger partial charge in [0.1, 0.15) is 17.7 Å². The number of H-pyrrole nitrogens is 1. The van der Waals surface area contributed by atoms with Crippen LogP contribution in [0.4, 0.5) is 10.5 Å². The van der Waals surface area contributed by atoms with Crippen molar-refractivity contribution in [2.24, 2.45) is 5.73 Å². The molecule has 4 aromatic rings. The number of aromatic nitrogens is 4. The van der Waals surface area contributed by atoms with Crippen LogP contribution >= 0.6 is 0 Å². The number of aromatic amines is 1. The molecule has 5 rings (SSSR count). The molecule has 0 saturated heterocycles. The molecule has 0 spiro atoms. The van der Waals surface area contributed by atoms with Gasteiger partial charge in [-0.2, -0.15) is 0 Å². The second kappa shape index (κ2) is 10.3. The van der Waals surface area contributed by atoms with Crippen molar-refractivity contribution in [3.8, 4) is 11.4 Å². The average molecular weight is 515 g/mol. The number of aryl methyl sites for hydroxylation is 1. The molecule has 0 unspecified atom stereocenters. The largest absolute Gasteiger partial charge is 0.439 e. The van der Waals surface area contributed by atoms with Gasteiger partial charge in [-0.15, -0.1) is 0 Å². The summed E-state index contributed by atoms with van der Waals surface area (Å²) in [4.78, 5) is 58.2. The van der Waals surface area contributed by atoms with Gasteiger partial charge in [0.25, 0.3) is 11.8 Å². The fraction of sp³-hybridized carbons (Fsp3) is 0.160. The molecule has 13 nitrogen and oxygen atoms in total. The molecule has 0 bridgehead atoms. The minimum Gasteiger partial charge on any atom is -0.351 e. The van der Waals surface area contributed by atoms with E-state index in [1.165, 1.54) is 12.4 Å². The van der Waals surface area contributed by atoms with Crippen LogP contribution < -0.4 is 27.4 Å². The predicted octanol–water partition coefficient (Wildman–Crippen LogP) is 1.66. The van der Waals surface area contributed by atoms with E-state index in [2.05, 4.69) is 40.6 Å². The Hall–Kier alpha value is -5.33. The van der Waals surface area contributed by atoms with Crippen LogP contribution in [0, 0.1) is 0 Å². The number of nitrogens with one attached hydrogen (secondary N) is 4. The molecule has 6 N–H and O–H groups in total. The molecule has 38 heavy (non-hydrogen) atoms. The summed E-state index contributed by atoms with van der Waals surface area (Å²) in [7, 11) is 0. The maximum atomic E-state index is 12.9. The van der Waals surface area contributed by atoms with Gasteiger partial charge in [-0.05, 0) is 47.7 Å². The van der Waals surface area contributed by atoms with Gasteiger partial charge in [0.2, 0.25) is 0 Å². The first kappa shape index (κ1) is 24.4. The summed E-state index contributed by atoms with van der Waals surface area (Å²) < 4.78 is 4.57. The molecule has 0 aliphatic heterocycles. The molecule has 2 aromatic carbocycles. The Morgan fingerprint density at radius 1 is 1.03 bits per heavy atom. The normalized spacial score (nSPS) is 13.9. The number of fused-ring (bicyclic) bond motifs is 1. The summed E-state index contributed by atoms with van der Waals surface area (Å²) in [5, 5.41) is 11.9. The van der Waals surface area contributed by atoms with E-state index in [0.717, 1.165) is 23.1 Å². The fourth-order valence-corrected chi connectivity index (χ4v) is 4.23. The minimum atomic E-state index is -0.664. The van der Waals surface area contributed by atoms with Crippen LogP contribution in [0.2, 0.25) is 0 Å². The standard InChI is InChI=1S/C25H22N8O5/c26-24(36)30-16-5-1-13(2-6-16)11-27-22(34)19-10-20(29-12-28-19)23(35)31-18-8-4-14-9-15(3-7-17(14)18)21-32-25(37)38-33-21/h1-3,5-7,9-10,12,18H,4,8,11H2,(H,27,34)(H,31,35)(H3,26,30,36)(H,32,33,37)/t18-/m0/s1. The zero-order valence-corrected chi connectivity index (χ0v) is 19.9. The molecule has 0 saturated carbocycles. The molecular weight excluding hydrogens is 492 g/mol. The molecule has 0 fully saturated rings. The highest BCUT2D eigenvalue weighted by molar-refractivity contribution is 5.97. The quantitative estimate of drug-likeness (QED) is 0.245. The number of nitrogens with zero attached hydrogens (tertiary/aromatic N) is 3. The summed E-state index contributed by atoms with van der Waals surface area (Å²) in [6.07, 6.45) is 2.58. The van der Waals surface area contributed by atoms with E-state index in [0.29, 0.717) is 23.5 Å². The summed E-state index contributed by atoms with van der Waals surface area (Å²) >= 11 is 0. The van der Waals surface area contributed by atoms with E-state index in [4.69, 9.17) is 5.73 Å². The molecule has 1 atom stereocenters. The van der Waals surface area contributed by atoms with Crippen LogP contribution in [0.15, 0.2) is 64.2 Å². The number of hydrogen-bond donors (Lipinski definition) is 5. The number of benzene rings is 2. The maximum Gasteiger partial charge on any atom is 0.439 e. The third-order valence-electron chi connectivity index (χ3n) is 6.05. The zero-order valence-electron chi connectivity index (χ0n) is 19.9. The Morgan fingerprint density at radius 2 is 1.79 bits per heavy atom. The molecule has 0 radical (unpaired) electrons. The van der Waals surface area contributed by atoms with Crippen molar-refractivity contribution in [1.29, 1.82) is 0 Å². The number of primary amides is 1. The number of carbonyl (C=O) groups excluding carboxylic acids is 3. The third kappa shape index (κ3) is 5.41. The van der Waals surface area contributed by atoms with Gasteiger partial charge in [0, 0.05) is 23.9 Å². The molecule has 1 aliphatic carbocycles. The number of anilines is 1. The SMILES string of the molecule is NC(=O)Nc1ccc(CNC(=O)c2cc(C(=O)N[C@H]3CCc4cc(-c5noc(=O)[nH]5)ccc43)ncn2)cc1. The number of urea groups is 1. The van der Waals surface area contributed by atoms with E-state index >= 15 is 0 Å². The van der Waals surface area contributed by atoms with Crippen LogP contribution in [-0.2, 0) is 13.0 Å². The van der Waals surface area contributed by atoms with Gasteiger partial charge < -0.3 is 21.7 Å². The Kier molecular flexibility index (Phi) is 6.63. The Bertz CT molecular complexity index is 1580. The zero-order chi connectivity index (χ0) is 26.6. The van der Waals surface area contributed by atoms with Crippen molar-refractivity contribution in [3.63, 3.8) is 0 Å². The number of nitrogens with two attached hydrogens (primary N) is 1. The summed E-state index contributed by atoms with van der Waals surface area (Å²) in [5.41, 5.74) is 9.23. The van der Waals surface area contributed by atoms with Gasteiger partial charge in [-0.3, -0.25) is 19.1 Å². The highest BCUT2D eigenvalue weighted by Gasteiger charge is 2.26. The average Bonchev–Trinajstić information content (AvgIpc) is 3.53. The maximum absolute atomic E-state index is 12.9. The summed E-state index contributed by atoms with van der Waals surface area (Å²) in [5.74, 6) is -1.18. The second-order valence-corrected chi connectivity index (χ2v) is 8.58. The van der Waals surface area contributed by atoms with Crippen molar-refractivity contribution in [2.45, 2.75) is 25.4 Å². The molecule has 2 aromatic heterocycles. The highest BCUT2D eigenvalue weighted by Crippen LogP contribution is 2.33. The third-order valence-corrected chi connectivity index (χ3v) is 6.05. The lowest BCUT2D eigenvalue weighted by molar-refractivity contribution is 0.0931. The fourth-order valence-electron chi connectivity index (χ4n) is 4.23. The van der Waals surface area contributed by atoms with E-state index in [1.807, 2.05) is 12.1 Å². The molecule has 192 valence electrons. The Morgan fingerprint density at radius 3 is 2.50 bits per heavy atom. The van der Waals surface area contributed by atoms with Crippen molar-refractivity contribution in [2.75, 3.05) is 5.32 Å². The van der Waals surface area contributed by atoms with Gasteiger partial charge in [-0.25, -0.2) is 19.6 Å². The van der Waals surface area contributed by atoms with Crippen LogP contribution in [0.5, 0.6) is 0 Å². The van der Waals surface area contributed by atoms with Gasteiger partial charge >= 0.3 is 11.8 Å². The van der Waals surface area contributed by atoms with E-state index in [-0.39, 0.29) is 24.0 Å². The number of rotatable bonds is 7. The number of amides is 4. The predicted molar refractivity (Wildman–Crippen MR) is 134 cm³/mol. The number of hydrogen-bond acceptors (Lipinski definition) is 8. The summed E-state index contributed by atoms with van der Waals surface area (Å²) in [6.45, 7) is 0.213. The van der Waals surface area contributed by atoms with E-state index in [9.17, 15) is 19.2 Å². The second-order valence-electron chi connectivity index (χ2n) is 8.58. The first-order valence-corrected chi connectivity index (χ1v) is 11.6. The smallest absolute Gasteiger partial charge is 0.351 e. The first-order valence-electron chi connectivity index (χ1n) is 11.6. The molecule has 13 heteroatoms. The van der Waals surface area contributed by atoms with Crippen molar-refractivity contribution >= 4 is 23.5 Å². The lowest BCUT2D eigenvalue weighted by Crippen LogP contribution is -2.29. The van der Waals surface area contributed by atoms with Crippen LogP contribution in [-0.4, -0.2) is 38.0 Å². The van der Waals surface area contributed by atoms with Gasteiger partial charge in [0.05, 0.1) is 6.04 Å². The highest BCUT2D eigenvalue weighted by atomic mass is 16.5. The Labute approximate surface area is 214 Å². The molecule has 4 amide bonds. The van der Waals surface area contributed by atoms with Crippen molar-refractivity contribution in [3.05, 3.63) is 93.5 Å². The monoisotopic (exact) mass is 514 g/mol. The summed E-state index contributed by atoms with van der Waals surface area (Å²) in [6, 6.07) is 12.8. The van der Waals surface area contributed by atoms with Crippen molar-refractivity contribution < 1.29 is 18.9 Å². The Balaban J connectivity index is 1.21. The first-order chi connectivity index (χ1) is 18.4. The van der Waals surface area contributed by atoms with E-state index in [1.54, 1.807) is 30.3 Å². The van der Waals surface area contributed by atoms with Gasteiger partial charge in [0.15, 0.2) is 5.82 Å². The van der Waals surface area contributed by atoms with Crippen LogP contribution in [0.1, 0.15) is 50.1 Å². The molecular formula is C25H22N8O5. The lowest BCUT2D eigenvalue weighted by atomic mass is 10.0. The van der Waals surface area contributed by atoms with Crippen LogP contribution in [0.25, 0.3) is 11.4 Å². The topological polar surface area (TPSA) is 198 Å². The lowest BCUT2D eigenvalue weighted by Gasteiger charge is -2.14. The van der Waals surface area contributed by atoms with Gasteiger partial charge in [-0.1, -0.05) is 29.4 Å². The van der Waals surface area contributed by atoms with E-state index < -0.39 is 23.6 Å². The molecule has 1 aliphatic rings. The minimum absolute atomic E-state index is 0.0511.